The summed E-state index contributed by atoms with van der Waals surface area (Å²) in [6.45, 7) is 10.8. The third-order valence-corrected chi connectivity index (χ3v) is 3.72. The number of allylic oxidation sites excluding steroid dienone is 2. The lowest BCUT2D eigenvalue weighted by molar-refractivity contribution is 0.787. The Morgan fingerprint density at radius 2 is 2.06 bits per heavy atom. The molecule has 0 spiro atoms. The monoisotopic (exact) mass is 235 g/mol. The Balaban J connectivity index is 3.01. The van der Waals surface area contributed by atoms with Gasteiger partial charge in [0.25, 0.3) is 0 Å². The molecule has 0 amide bonds. The zero-order chi connectivity index (χ0) is 12.1. The van der Waals surface area contributed by atoms with Gasteiger partial charge >= 0.3 is 0 Å². The predicted molar refractivity (Wildman–Crippen MR) is 74.6 cm³/mol. The summed E-state index contributed by atoms with van der Waals surface area (Å²) in [5.74, 6) is 0.944. The van der Waals surface area contributed by atoms with Crippen LogP contribution >= 0.6 is 11.3 Å². The first-order chi connectivity index (χ1) is 7.56. The van der Waals surface area contributed by atoms with E-state index in [2.05, 4.69) is 50.2 Å². The molecule has 1 rings (SSSR count). The largest absolute Gasteiger partial charge is 0.266 e. The Labute approximate surface area is 103 Å². The molecule has 0 saturated carbocycles. The van der Waals surface area contributed by atoms with E-state index in [0.29, 0.717) is 11.8 Å². The Hall–Kier alpha value is -0.890. The molecule has 1 aromatic rings. The number of aliphatic imine (C=N–C) groups is 1. The topological polar surface area (TPSA) is 12.4 Å². The maximum atomic E-state index is 4.50. The van der Waals surface area contributed by atoms with Crippen LogP contribution in [0.15, 0.2) is 28.2 Å². The fourth-order valence-corrected chi connectivity index (χ4v) is 2.75. The van der Waals surface area contributed by atoms with Crippen LogP contribution in [0.5, 0.6) is 0 Å². The van der Waals surface area contributed by atoms with Gasteiger partial charge < -0.3 is 0 Å². The third kappa shape index (κ3) is 3.31. The summed E-state index contributed by atoms with van der Waals surface area (Å²) in [6.07, 6.45) is 4.14. The smallest absolute Gasteiger partial charge is 0.0442 e. The van der Waals surface area contributed by atoms with E-state index in [-0.39, 0.29) is 0 Å². The lowest BCUT2D eigenvalue weighted by atomic mass is 10.0. The number of hydrogen-bond donors (Lipinski definition) is 0. The highest BCUT2D eigenvalue weighted by molar-refractivity contribution is 7.10. The maximum Gasteiger partial charge on any atom is 0.0442 e. The van der Waals surface area contributed by atoms with Gasteiger partial charge in [0.05, 0.1) is 0 Å². The highest BCUT2D eigenvalue weighted by Crippen LogP contribution is 2.32. The number of nitrogens with zero attached hydrogens (tertiary/aromatic N) is 1. The molecule has 1 atom stereocenters. The standard InChI is InChI=1S/C14H21NS/c1-6-15-13(9-10(2)3)12(5)14-11(4)7-8-16-14/h6-10,12H,1-5H3/b13-9-,15-6?. The first kappa shape index (κ1) is 13.2. The molecule has 16 heavy (non-hydrogen) atoms. The quantitative estimate of drug-likeness (QED) is 0.665. The van der Waals surface area contributed by atoms with Gasteiger partial charge in [-0.3, -0.25) is 4.99 Å². The molecule has 0 aliphatic heterocycles. The highest BCUT2D eigenvalue weighted by atomic mass is 32.1. The average molecular weight is 235 g/mol. The van der Waals surface area contributed by atoms with E-state index in [4.69, 9.17) is 0 Å². The van der Waals surface area contributed by atoms with E-state index in [1.54, 1.807) is 0 Å². The SMILES string of the molecule is CC=N/C(=C\C(C)C)C(C)c1sccc1C. The van der Waals surface area contributed by atoms with Crippen LogP contribution in [0.2, 0.25) is 0 Å². The van der Waals surface area contributed by atoms with Crippen LogP contribution in [0, 0.1) is 12.8 Å². The van der Waals surface area contributed by atoms with Gasteiger partial charge in [0.15, 0.2) is 0 Å². The molecule has 2 heteroatoms. The second-order valence-corrected chi connectivity index (χ2v) is 5.36. The Bertz CT molecular complexity index is 385. The molecule has 0 aromatic carbocycles. The second kappa shape index (κ2) is 6.00. The average Bonchev–Trinajstić information content (AvgIpc) is 2.62. The summed E-state index contributed by atoms with van der Waals surface area (Å²) in [5, 5.41) is 2.16. The Kier molecular flexibility index (Phi) is 4.94. The minimum atomic E-state index is 0.401. The van der Waals surface area contributed by atoms with Gasteiger partial charge in [0.1, 0.15) is 0 Å². The van der Waals surface area contributed by atoms with E-state index in [1.165, 1.54) is 16.1 Å². The van der Waals surface area contributed by atoms with E-state index < -0.39 is 0 Å². The normalized spacial score (nSPS) is 15.0. The van der Waals surface area contributed by atoms with Crippen molar-refractivity contribution in [1.29, 1.82) is 0 Å². The van der Waals surface area contributed by atoms with Gasteiger partial charge in [0, 0.05) is 22.7 Å². The maximum absolute atomic E-state index is 4.50. The molecule has 0 saturated heterocycles. The van der Waals surface area contributed by atoms with Crippen molar-refractivity contribution < 1.29 is 0 Å². The van der Waals surface area contributed by atoms with Crippen molar-refractivity contribution in [3.63, 3.8) is 0 Å². The number of rotatable bonds is 4. The highest BCUT2D eigenvalue weighted by Gasteiger charge is 2.14. The van der Waals surface area contributed by atoms with Crippen molar-refractivity contribution >= 4 is 17.6 Å². The van der Waals surface area contributed by atoms with Crippen molar-refractivity contribution in [3.8, 4) is 0 Å². The van der Waals surface area contributed by atoms with E-state index in [1.807, 2.05) is 24.5 Å². The van der Waals surface area contributed by atoms with Crippen LogP contribution in [-0.2, 0) is 0 Å². The molecule has 0 aliphatic carbocycles. The molecule has 0 radical (unpaired) electrons. The van der Waals surface area contributed by atoms with E-state index in [9.17, 15) is 0 Å². The van der Waals surface area contributed by atoms with Crippen LogP contribution in [0.1, 0.15) is 44.1 Å². The Morgan fingerprint density at radius 3 is 2.50 bits per heavy atom. The number of thiophene rings is 1. The number of aryl methyl sites for hydroxylation is 1. The van der Waals surface area contributed by atoms with Crippen LogP contribution in [0.3, 0.4) is 0 Å². The second-order valence-electron chi connectivity index (χ2n) is 4.41. The van der Waals surface area contributed by atoms with Crippen molar-refractivity contribution in [2.75, 3.05) is 0 Å². The fourth-order valence-electron chi connectivity index (χ4n) is 1.75. The van der Waals surface area contributed by atoms with Crippen molar-refractivity contribution in [2.45, 2.75) is 40.5 Å². The Morgan fingerprint density at radius 1 is 1.38 bits per heavy atom. The van der Waals surface area contributed by atoms with Crippen LogP contribution < -0.4 is 0 Å². The zero-order valence-corrected chi connectivity index (χ0v) is 11.6. The number of hydrogen-bond acceptors (Lipinski definition) is 2. The van der Waals surface area contributed by atoms with Crippen molar-refractivity contribution in [2.24, 2.45) is 10.9 Å². The van der Waals surface area contributed by atoms with Crippen LogP contribution in [0.4, 0.5) is 0 Å². The molecule has 0 fully saturated rings. The predicted octanol–water partition coefficient (Wildman–Crippen LogP) is 4.79. The van der Waals surface area contributed by atoms with E-state index in [0.717, 1.165) is 0 Å². The van der Waals surface area contributed by atoms with Gasteiger partial charge in [-0.15, -0.1) is 11.3 Å². The van der Waals surface area contributed by atoms with Crippen molar-refractivity contribution in [3.05, 3.63) is 33.7 Å². The van der Waals surface area contributed by atoms with Crippen LogP contribution in [-0.4, -0.2) is 6.21 Å². The first-order valence-electron chi connectivity index (χ1n) is 5.80. The zero-order valence-electron chi connectivity index (χ0n) is 10.8. The molecule has 1 heterocycles. The minimum absolute atomic E-state index is 0.401. The fraction of sp³-hybridized carbons (Fsp3) is 0.500. The molecular weight excluding hydrogens is 214 g/mol. The lowest BCUT2D eigenvalue weighted by Crippen LogP contribution is -1.98. The molecule has 1 unspecified atom stereocenters. The molecule has 0 aliphatic rings. The molecule has 0 bridgehead atoms. The van der Waals surface area contributed by atoms with Gasteiger partial charge in [0.2, 0.25) is 0 Å². The molecule has 1 aromatic heterocycles. The summed E-state index contributed by atoms with van der Waals surface area (Å²) in [4.78, 5) is 5.93. The van der Waals surface area contributed by atoms with Gasteiger partial charge in [-0.1, -0.05) is 26.8 Å². The van der Waals surface area contributed by atoms with Crippen molar-refractivity contribution in [1.82, 2.24) is 0 Å². The molecular formula is C14H21NS. The van der Waals surface area contributed by atoms with E-state index >= 15 is 0 Å². The van der Waals surface area contributed by atoms with Gasteiger partial charge in [-0.05, 0) is 36.8 Å². The minimum Gasteiger partial charge on any atom is -0.266 e. The summed E-state index contributed by atoms with van der Waals surface area (Å²) >= 11 is 1.82. The summed E-state index contributed by atoms with van der Waals surface area (Å²) in [6, 6.07) is 2.18. The van der Waals surface area contributed by atoms with Gasteiger partial charge in [-0.25, -0.2) is 0 Å². The summed E-state index contributed by atoms with van der Waals surface area (Å²) in [7, 11) is 0. The third-order valence-electron chi connectivity index (χ3n) is 2.52. The summed E-state index contributed by atoms with van der Waals surface area (Å²) < 4.78 is 0. The lowest BCUT2D eigenvalue weighted by Gasteiger charge is -2.13. The molecule has 0 N–H and O–H groups in total. The summed E-state index contributed by atoms with van der Waals surface area (Å²) in [5.41, 5.74) is 2.56. The van der Waals surface area contributed by atoms with Gasteiger partial charge in [-0.2, -0.15) is 0 Å². The van der Waals surface area contributed by atoms with Crippen LogP contribution in [0.25, 0.3) is 0 Å². The molecule has 1 nitrogen and oxygen atoms in total. The molecule has 88 valence electrons. The first-order valence-corrected chi connectivity index (χ1v) is 6.68.